The van der Waals surface area contributed by atoms with Crippen LogP contribution in [0, 0.1) is 5.41 Å². The van der Waals surface area contributed by atoms with Gasteiger partial charge in [0.25, 0.3) is 0 Å². The molecule has 6 heteroatoms. The Balaban J connectivity index is 2.95. The number of ether oxygens (including phenoxy) is 1. The van der Waals surface area contributed by atoms with Crippen LogP contribution in [0.25, 0.3) is 0 Å². The Morgan fingerprint density at radius 3 is 2.63 bits per heavy atom. The van der Waals surface area contributed by atoms with Crippen molar-refractivity contribution in [3.8, 4) is 0 Å². The molecule has 0 aromatic heterocycles. The van der Waals surface area contributed by atoms with Gasteiger partial charge < -0.3 is 20.5 Å². The Kier molecular flexibility index (Phi) is 4.92. The van der Waals surface area contributed by atoms with Crippen molar-refractivity contribution in [3.05, 3.63) is 0 Å². The molecule has 19 heavy (non-hydrogen) atoms. The molecular formula is C13H24N2O3S. The number of nitrogens with two attached hydrogens (primary N) is 1. The Morgan fingerprint density at radius 2 is 2.21 bits per heavy atom. The average Bonchev–Trinajstić information content (AvgIpc) is 2.34. The fourth-order valence-electron chi connectivity index (χ4n) is 2.33. The lowest BCUT2D eigenvalue weighted by Crippen LogP contribution is -2.59. The Labute approximate surface area is 120 Å². The molecule has 0 aromatic rings. The highest BCUT2D eigenvalue weighted by Crippen LogP contribution is 2.29. The zero-order chi connectivity index (χ0) is 14.8. The van der Waals surface area contributed by atoms with Crippen molar-refractivity contribution in [2.24, 2.45) is 11.1 Å². The first-order valence-electron chi connectivity index (χ1n) is 6.54. The van der Waals surface area contributed by atoms with Crippen LogP contribution in [0.15, 0.2) is 0 Å². The highest BCUT2D eigenvalue weighted by atomic mass is 32.1. The molecule has 1 rings (SSSR count). The molecule has 5 nitrogen and oxygen atoms in total. The summed E-state index contributed by atoms with van der Waals surface area (Å²) >= 11 is 5.04. The smallest absolute Gasteiger partial charge is 0.235 e. The van der Waals surface area contributed by atoms with E-state index in [4.69, 9.17) is 22.7 Å². The fourth-order valence-corrected chi connectivity index (χ4v) is 2.56. The van der Waals surface area contributed by atoms with Crippen LogP contribution in [-0.2, 0) is 9.53 Å². The van der Waals surface area contributed by atoms with E-state index in [9.17, 15) is 9.90 Å². The van der Waals surface area contributed by atoms with Crippen LogP contribution in [0.3, 0.4) is 0 Å². The molecule has 0 saturated carbocycles. The first-order valence-corrected chi connectivity index (χ1v) is 6.95. The molecule has 2 atom stereocenters. The normalized spacial score (nSPS) is 25.7. The highest BCUT2D eigenvalue weighted by Gasteiger charge is 2.43. The van der Waals surface area contributed by atoms with Gasteiger partial charge in [-0.25, -0.2) is 0 Å². The van der Waals surface area contributed by atoms with Crippen LogP contribution in [-0.4, -0.2) is 52.3 Å². The molecular weight excluding hydrogens is 264 g/mol. The number of nitrogens with zero attached hydrogens (tertiary/aromatic N) is 1. The summed E-state index contributed by atoms with van der Waals surface area (Å²) < 4.78 is 5.70. The van der Waals surface area contributed by atoms with Crippen molar-refractivity contribution in [1.29, 1.82) is 0 Å². The van der Waals surface area contributed by atoms with Crippen molar-refractivity contribution >= 4 is 23.1 Å². The average molecular weight is 288 g/mol. The molecule has 1 aliphatic rings. The van der Waals surface area contributed by atoms with Crippen molar-refractivity contribution in [3.63, 3.8) is 0 Å². The Hall–Kier alpha value is -0.720. The van der Waals surface area contributed by atoms with Gasteiger partial charge in [-0.3, -0.25) is 4.79 Å². The number of carbonyl (C=O) groups is 1. The van der Waals surface area contributed by atoms with Crippen LogP contribution in [0.2, 0.25) is 0 Å². The molecule has 1 heterocycles. The third-order valence-electron chi connectivity index (χ3n) is 3.70. The molecule has 0 radical (unpaired) electrons. The van der Waals surface area contributed by atoms with Gasteiger partial charge in [-0.1, -0.05) is 19.1 Å². The molecule has 2 unspecified atom stereocenters. The number of aliphatic hydroxyl groups excluding tert-OH is 1. The minimum atomic E-state index is -0.831. The van der Waals surface area contributed by atoms with Crippen LogP contribution < -0.4 is 5.73 Å². The van der Waals surface area contributed by atoms with E-state index in [0.717, 1.165) is 0 Å². The maximum Gasteiger partial charge on any atom is 0.235 e. The minimum Gasteiger partial charge on any atom is -0.394 e. The number of aliphatic hydroxyl groups is 1. The maximum absolute atomic E-state index is 12.7. The van der Waals surface area contributed by atoms with Crippen molar-refractivity contribution in [2.75, 3.05) is 19.7 Å². The second-order valence-corrected chi connectivity index (χ2v) is 6.36. The van der Waals surface area contributed by atoms with Crippen LogP contribution in [0.1, 0.15) is 34.1 Å². The fraction of sp³-hybridized carbons (Fsp3) is 0.846. The van der Waals surface area contributed by atoms with Gasteiger partial charge in [0.2, 0.25) is 5.91 Å². The van der Waals surface area contributed by atoms with Crippen molar-refractivity contribution in [2.45, 2.75) is 45.8 Å². The first-order chi connectivity index (χ1) is 8.66. The summed E-state index contributed by atoms with van der Waals surface area (Å²) in [6.45, 7) is 8.21. The number of morpholine rings is 1. The van der Waals surface area contributed by atoms with Crippen LogP contribution in [0.4, 0.5) is 0 Å². The predicted octanol–water partition coefficient (Wildman–Crippen LogP) is 0.687. The Bertz CT molecular complexity index is 373. The molecule has 0 bridgehead atoms. The van der Waals surface area contributed by atoms with E-state index in [1.165, 1.54) is 0 Å². The van der Waals surface area contributed by atoms with E-state index in [1.807, 2.05) is 20.8 Å². The molecule has 0 aliphatic carbocycles. The van der Waals surface area contributed by atoms with E-state index < -0.39 is 11.0 Å². The maximum atomic E-state index is 12.7. The van der Waals surface area contributed by atoms with Gasteiger partial charge >= 0.3 is 0 Å². The predicted molar refractivity (Wildman–Crippen MR) is 77.8 cm³/mol. The van der Waals surface area contributed by atoms with E-state index in [2.05, 4.69) is 0 Å². The number of hydrogen-bond donors (Lipinski definition) is 2. The van der Waals surface area contributed by atoms with E-state index in [1.54, 1.807) is 11.8 Å². The third kappa shape index (κ3) is 3.43. The first kappa shape index (κ1) is 16.3. The molecule has 3 N–H and O–H groups in total. The molecule has 1 fully saturated rings. The molecule has 110 valence electrons. The lowest BCUT2D eigenvalue weighted by atomic mass is 9.85. The summed E-state index contributed by atoms with van der Waals surface area (Å²) in [6.07, 6.45) is 0.197. The van der Waals surface area contributed by atoms with Crippen molar-refractivity contribution < 1.29 is 14.6 Å². The monoisotopic (exact) mass is 288 g/mol. The molecule has 0 spiro atoms. The number of rotatable bonds is 4. The summed E-state index contributed by atoms with van der Waals surface area (Å²) in [7, 11) is 0. The lowest BCUT2D eigenvalue weighted by Gasteiger charge is -2.44. The SMILES string of the molecule is CCC(C)(C(=O)N1CC(CO)OC(C)(C)C1)C(N)=S. The Morgan fingerprint density at radius 1 is 1.63 bits per heavy atom. The third-order valence-corrected chi connectivity index (χ3v) is 4.15. The molecule has 1 saturated heterocycles. The quantitative estimate of drug-likeness (QED) is 0.744. The van der Waals surface area contributed by atoms with E-state index >= 15 is 0 Å². The lowest BCUT2D eigenvalue weighted by molar-refractivity contribution is -0.171. The van der Waals surface area contributed by atoms with E-state index in [-0.39, 0.29) is 23.6 Å². The van der Waals surface area contributed by atoms with Crippen LogP contribution >= 0.6 is 12.2 Å². The zero-order valence-electron chi connectivity index (χ0n) is 12.1. The summed E-state index contributed by atoms with van der Waals surface area (Å²) in [5, 5.41) is 9.28. The zero-order valence-corrected chi connectivity index (χ0v) is 12.9. The minimum absolute atomic E-state index is 0.0858. The van der Waals surface area contributed by atoms with Crippen molar-refractivity contribution in [1.82, 2.24) is 4.90 Å². The topological polar surface area (TPSA) is 75.8 Å². The second-order valence-electron chi connectivity index (χ2n) is 5.92. The number of amides is 1. The summed E-state index contributed by atoms with van der Waals surface area (Å²) in [5.74, 6) is -0.0858. The molecule has 0 aromatic carbocycles. The molecule has 1 aliphatic heterocycles. The summed E-state index contributed by atoms with van der Waals surface area (Å²) in [4.78, 5) is 14.6. The summed E-state index contributed by atoms with van der Waals surface area (Å²) in [5.41, 5.74) is 4.42. The van der Waals surface area contributed by atoms with Crippen LogP contribution in [0.5, 0.6) is 0 Å². The van der Waals surface area contributed by atoms with Gasteiger partial charge in [0.05, 0.1) is 28.7 Å². The summed E-state index contributed by atoms with van der Waals surface area (Å²) in [6, 6.07) is 0. The van der Waals surface area contributed by atoms with E-state index in [0.29, 0.717) is 19.5 Å². The van der Waals surface area contributed by atoms with Gasteiger partial charge in [0, 0.05) is 13.1 Å². The second kappa shape index (κ2) is 5.73. The van der Waals surface area contributed by atoms with Gasteiger partial charge in [0.15, 0.2) is 0 Å². The van der Waals surface area contributed by atoms with Gasteiger partial charge in [-0.15, -0.1) is 0 Å². The largest absolute Gasteiger partial charge is 0.394 e. The number of carbonyl (C=O) groups excluding carboxylic acids is 1. The standard InChI is InChI=1S/C13H24N2O3S/c1-5-13(4,10(14)19)11(17)15-6-9(7-16)18-12(2,3)8-15/h9,16H,5-8H2,1-4H3,(H2,14,19). The van der Waals surface area contributed by atoms with Gasteiger partial charge in [-0.05, 0) is 27.2 Å². The molecule has 1 amide bonds. The number of thiocarbonyl (C=S) groups is 1. The highest BCUT2D eigenvalue weighted by molar-refractivity contribution is 7.80. The number of hydrogen-bond acceptors (Lipinski definition) is 4. The van der Waals surface area contributed by atoms with Gasteiger partial charge in [0.1, 0.15) is 0 Å². The van der Waals surface area contributed by atoms with Gasteiger partial charge in [-0.2, -0.15) is 0 Å².